The van der Waals surface area contributed by atoms with E-state index < -0.39 is 0 Å². The Morgan fingerprint density at radius 3 is 2.71 bits per heavy atom. The number of aryl methyl sites for hydroxylation is 1. The van der Waals surface area contributed by atoms with E-state index in [1.165, 1.54) is 11.9 Å². The number of anilines is 2. The molecule has 0 spiro atoms. The average Bonchev–Trinajstić information content (AvgIpc) is 3.51. The number of nitrogens with zero attached hydrogens (tertiary/aromatic N) is 5. The maximum Gasteiger partial charge on any atom is 0.270 e. The number of hydrogen-bond donors (Lipinski definition) is 2. The van der Waals surface area contributed by atoms with Gasteiger partial charge < -0.3 is 15.6 Å². The number of fused-ring (bicyclic) bond motifs is 2. The van der Waals surface area contributed by atoms with Crippen molar-refractivity contribution < 1.29 is 0 Å². The summed E-state index contributed by atoms with van der Waals surface area (Å²) in [5.74, 6) is 0.433. The zero-order valence-corrected chi connectivity index (χ0v) is 19.7. The molecule has 0 aliphatic heterocycles. The molecule has 178 valence electrons. The molecule has 3 heterocycles. The lowest BCUT2D eigenvalue weighted by Crippen LogP contribution is -2.47. The van der Waals surface area contributed by atoms with E-state index in [1.54, 1.807) is 16.8 Å². The normalized spacial score (nSPS) is 17.5. The molecule has 0 amide bonds. The van der Waals surface area contributed by atoms with Gasteiger partial charge in [-0.1, -0.05) is 12.8 Å². The van der Waals surface area contributed by atoms with E-state index >= 15 is 0 Å². The quantitative estimate of drug-likeness (QED) is 0.423. The number of nitrogens with one attached hydrogen (secondary N) is 1. The van der Waals surface area contributed by atoms with E-state index in [2.05, 4.69) is 39.3 Å². The summed E-state index contributed by atoms with van der Waals surface area (Å²) < 4.78 is 3.98. The summed E-state index contributed by atoms with van der Waals surface area (Å²) >= 11 is 0. The largest absolute Gasteiger partial charge is 0.347 e. The zero-order chi connectivity index (χ0) is 24.0. The average molecular weight is 468 g/mol. The van der Waals surface area contributed by atoms with Gasteiger partial charge in [0.15, 0.2) is 0 Å². The highest BCUT2D eigenvalue weighted by atomic mass is 16.1. The first-order valence-electron chi connectivity index (χ1n) is 12.5. The molecule has 35 heavy (non-hydrogen) atoms. The van der Waals surface area contributed by atoms with E-state index in [9.17, 15) is 10.1 Å². The van der Waals surface area contributed by atoms with Crippen molar-refractivity contribution in [3.05, 3.63) is 58.6 Å². The van der Waals surface area contributed by atoms with Crippen molar-refractivity contribution in [2.24, 2.45) is 5.73 Å². The predicted octanol–water partition coefficient (Wildman–Crippen LogP) is 4.75. The summed E-state index contributed by atoms with van der Waals surface area (Å²) in [4.78, 5) is 22.2. The Morgan fingerprint density at radius 2 is 1.97 bits per heavy atom. The highest BCUT2D eigenvalue weighted by Crippen LogP contribution is 2.33. The Hall–Kier alpha value is -3.70. The second-order valence-corrected chi connectivity index (χ2v) is 10.1. The van der Waals surface area contributed by atoms with E-state index in [1.807, 2.05) is 12.1 Å². The van der Waals surface area contributed by atoms with Crippen molar-refractivity contribution in [1.82, 2.24) is 19.1 Å². The second kappa shape index (κ2) is 8.51. The first-order valence-corrected chi connectivity index (χ1v) is 12.5. The standard InChI is InChI=1S/C27H29N7O/c28-16-19-14-20-17-30-26(32-24(20)34(25(19)35)22-4-1-2-5-22)31-21-6-7-23-18(15-21)8-12-33(23)13-11-27(29)9-3-10-27/h6-8,12,14-15,17,22H,1-5,9-11,13,29H2,(H,30,31,32). The van der Waals surface area contributed by atoms with Crippen LogP contribution in [0.2, 0.25) is 0 Å². The smallest absolute Gasteiger partial charge is 0.270 e. The molecule has 6 rings (SSSR count). The first-order chi connectivity index (χ1) is 17.0. The number of nitriles is 1. The van der Waals surface area contributed by atoms with Crippen LogP contribution in [-0.4, -0.2) is 24.6 Å². The van der Waals surface area contributed by atoms with Gasteiger partial charge in [-0.3, -0.25) is 9.36 Å². The number of pyridine rings is 1. The van der Waals surface area contributed by atoms with Gasteiger partial charge in [-0.15, -0.1) is 0 Å². The number of rotatable bonds is 6. The van der Waals surface area contributed by atoms with Crippen LogP contribution in [0.5, 0.6) is 0 Å². The van der Waals surface area contributed by atoms with Crippen LogP contribution >= 0.6 is 0 Å². The molecular weight excluding hydrogens is 438 g/mol. The van der Waals surface area contributed by atoms with E-state index in [0.29, 0.717) is 17.0 Å². The third kappa shape index (κ3) is 3.96. The topological polar surface area (TPSA) is 115 Å². The summed E-state index contributed by atoms with van der Waals surface area (Å²) in [6.07, 6.45) is 12.3. The number of benzene rings is 1. The van der Waals surface area contributed by atoms with Crippen LogP contribution in [0.25, 0.3) is 21.9 Å². The number of hydrogen-bond acceptors (Lipinski definition) is 6. The second-order valence-electron chi connectivity index (χ2n) is 10.1. The Labute approximate surface area is 203 Å². The van der Waals surface area contributed by atoms with Crippen molar-refractivity contribution in [3.63, 3.8) is 0 Å². The summed E-state index contributed by atoms with van der Waals surface area (Å²) in [7, 11) is 0. The third-order valence-corrected chi connectivity index (χ3v) is 7.81. The zero-order valence-electron chi connectivity index (χ0n) is 19.7. The Balaban J connectivity index is 1.30. The Kier molecular flexibility index (Phi) is 5.30. The number of nitrogens with two attached hydrogens (primary N) is 1. The minimum absolute atomic E-state index is 0.0127. The molecule has 1 aromatic carbocycles. The molecule has 0 atom stereocenters. The van der Waals surface area contributed by atoms with Gasteiger partial charge in [0.05, 0.1) is 0 Å². The van der Waals surface area contributed by atoms with Crippen molar-refractivity contribution in [1.29, 1.82) is 5.26 Å². The highest BCUT2D eigenvalue weighted by Gasteiger charge is 2.31. The van der Waals surface area contributed by atoms with E-state index in [0.717, 1.165) is 62.6 Å². The molecule has 8 heteroatoms. The van der Waals surface area contributed by atoms with Crippen LogP contribution in [0.3, 0.4) is 0 Å². The summed E-state index contributed by atoms with van der Waals surface area (Å²) in [5, 5.41) is 14.6. The molecule has 3 N–H and O–H groups in total. The van der Waals surface area contributed by atoms with Gasteiger partial charge in [0.1, 0.15) is 17.3 Å². The predicted molar refractivity (Wildman–Crippen MR) is 137 cm³/mol. The summed E-state index contributed by atoms with van der Waals surface area (Å²) in [6.45, 7) is 0.921. The van der Waals surface area contributed by atoms with Crippen LogP contribution < -0.4 is 16.6 Å². The van der Waals surface area contributed by atoms with Crippen LogP contribution in [0, 0.1) is 11.3 Å². The Bertz CT molecular complexity index is 1520. The molecule has 2 aliphatic rings. The van der Waals surface area contributed by atoms with Crippen LogP contribution in [0.15, 0.2) is 47.5 Å². The van der Waals surface area contributed by atoms with E-state index in [-0.39, 0.29) is 22.7 Å². The minimum Gasteiger partial charge on any atom is -0.347 e. The fourth-order valence-corrected chi connectivity index (χ4v) is 5.59. The fourth-order valence-electron chi connectivity index (χ4n) is 5.59. The molecule has 0 radical (unpaired) electrons. The molecule has 2 fully saturated rings. The highest BCUT2D eigenvalue weighted by molar-refractivity contribution is 5.85. The van der Waals surface area contributed by atoms with Crippen LogP contribution in [0.4, 0.5) is 11.6 Å². The van der Waals surface area contributed by atoms with Gasteiger partial charge in [0, 0.05) is 52.5 Å². The molecule has 2 saturated carbocycles. The van der Waals surface area contributed by atoms with Crippen LogP contribution in [0.1, 0.15) is 63.0 Å². The van der Waals surface area contributed by atoms with Crippen molar-refractivity contribution in [3.8, 4) is 6.07 Å². The third-order valence-electron chi connectivity index (χ3n) is 7.81. The maximum absolute atomic E-state index is 13.0. The molecule has 2 aliphatic carbocycles. The molecule has 8 nitrogen and oxygen atoms in total. The van der Waals surface area contributed by atoms with Gasteiger partial charge in [-0.2, -0.15) is 10.2 Å². The molecular formula is C27H29N7O. The lowest BCUT2D eigenvalue weighted by molar-refractivity contribution is 0.222. The van der Waals surface area contributed by atoms with Crippen molar-refractivity contribution in [2.75, 3.05) is 5.32 Å². The SMILES string of the molecule is N#Cc1cc2cnc(Nc3ccc4c(ccn4CCC4(N)CCC4)c3)nc2n(C2CCCC2)c1=O. The molecule has 0 saturated heterocycles. The lowest BCUT2D eigenvalue weighted by Gasteiger charge is -2.38. The van der Waals surface area contributed by atoms with Gasteiger partial charge in [-0.25, -0.2) is 4.98 Å². The van der Waals surface area contributed by atoms with Gasteiger partial charge in [0.2, 0.25) is 5.95 Å². The van der Waals surface area contributed by atoms with Gasteiger partial charge in [-0.05, 0) is 68.9 Å². The summed E-state index contributed by atoms with van der Waals surface area (Å²) in [5.41, 5.74) is 8.94. The van der Waals surface area contributed by atoms with Gasteiger partial charge >= 0.3 is 0 Å². The van der Waals surface area contributed by atoms with E-state index in [4.69, 9.17) is 10.7 Å². The van der Waals surface area contributed by atoms with Crippen LogP contribution in [-0.2, 0) is 6.54 Å². The van der Waals surface area contributed by atoms with Crippen molar-refractivity contribution in [2.45, 2.75) is 69.5 Å². The molecule has 0 bridgehead atoms. The molecule has 0 unspecified atom stereocenters. The first kappa shape index (κ1) is 21.8. The molecule has 4 aromatic rings. The molecule has 3 aromatic heterocycles. The summed E-state index contributed by atoms with van der Waals surface area (Å²) in [6, 6.07) is 12.0. The lowest BCUT2D eigenvalue weighted by atomic mass is 9.75. The Morgan fingerprint density at radius 1 is 1.14 bits per heavy atom. The monoisotopic (exact) mass is 467 g/mol. The van der Waals surface area contributed by atoms with Gasteiger partial charge in [0.25, 0.3) is 5.56 Å². The number of aromatic nitrogens is 4. The fraction of sp³-hybridized carbons (Fsp3) is 0.407. The van der Waals surface area contributed by atoms with Crippen molar-refractivity contribution >= 4 is 33.6 Å². The maximum atomic E-state index is 13.0. The minimum atomic E-state index is -0.263.